The summed E-state index contributed by atoms with van der Waals surface area (Å²) in [5.74, 6) is 0. The SMILES string of the molecule is c1cn(C2CCCC2)nc1CNCCOC1CCCC1. The lowest BCUT2D eigenvalue weighted by molar-refractivity contribution is 0.0602. The molecule has 1 N–H and O–H groups in total. The van der Waals surface area contributed by atoms with Crippen LogP contribution in [0.15, 0.2) is 12.3 Å². The molecule has 0 aromatic carbocycles. The maximum Gasteiger partial charge on any atom is 0.0762 e. The molecule has 0 bridgehead atoms. The van der Waals surface area contributed by atoms with Gasteiger partial charge in [-0.1, -0.05) is 25.7 Å². The quantitative estimate of drug-likeness (QED) is 0.779. The van der Waals surface area contributed by atoms with Gasteiger partial charge in [-0.2, -0.15) is 5.10 Å². The second kappa shape index (κ2) is 7.23. The molecule has 2 fully saturated rings. The van der Waals surface area contributed by atoms with Crippen molar-refractivity contribution in [2.24, 2.45) is 0 Å². The third-order valence-corrected chi connectivity index (χ3v) is 4.60. The Balaban J connectivity index is 1.31. The Kier molecular flexibility index (Phi) is 5.09. The summed E-state index contributed by atoms with van der Waals surface area (Å²) < 4.78 is 8.00. The molecular weight excluding hydrogens is 250 g/mol. The number of rotatable bonds is 7. The third kappa shape index (κ3) is 3.83. The molecule has 3 rings (SSSR count). The van der Waals surface area contributed by atoms with Crippen molar-refractivity contribution < 1.29 is 4.74 Å². The maximum absolute atomic E-state index is 5.84. The minimum Gasteiger partial charge on any atom is -0.377 e. The van der Waals surface area contributed by atoms with Gasteiger partial charge in [-0.15, -0.1) is 0 Å². The van der Waals surface area contributed by atoms with Crippen molar-refractivity contribution in [3.63, 3.8) is 0 Å². The molecule has 0 aliphatic heterocycles. The van der Waals surface area contributed by atoms with Crippen molar-refractivity contribution in [1.29, 1.82) is 0 Å². The van der Waals surface area contributed by atoms with E-state index in [0.29, 0.717) is 12.1 Å². The lowest BCUT2D eigenvalue weighted by atomic mass is 10.3. The molecule has 0 radical (unpaired) electrons. The molecule has 1 aromatic rings. The highest BCUT2D eigenvalue weighted by molar-refractivity contribution is 4.99. The van der Waals surface area contributed by atoms with E-state index in [4.69, 9.17) is 4.74 Å². The van der Waals surface area contributed by atoms with Crippen LogP contribution in [-0.4, -0.2) is 29.0 Å². The standard InChI is InChI=1S/C16H27N3O/c1-2-6-15(5-1)19-11-9-14(18-19)13-17-10-12-20-16-7-3-4-8-16/h9,11,15-17H,1-8,10,12-13H2. The zero-order chi connectivity index (χ0) is 13.6. The number of ether oxygens (including phenoxy) is 1. The molecule has 2 saturated carbocycles. The number of aromatic nitrogens is 2. The number of hydrogen-bond acceptors (Lipinski definition) is 3. The van der Waals surface area contributed by atoms with Gasteiger partial charge < -0.3 is 10.1 Å². The topological polar surface area (TPSA) is 39.1 Å². The third-order valence-electron chi connectivity index (χ3n) is 4.60. The molecule has 0 atom stereocenters. The first kappa shape index (κ1) is 14.1. The maximum atomic E-state index is 5.84. The van der Waals surface area contributed by atoms with Crippen LogP contribution in [-0.2, 0) is 11.3 Å². The van der Waals surface area contributed by atoms with Crippen molar-refractivity contribution in [3.8, 4) is 0 Å². The Morgan fingerprint density at radius 2 is 1.90 bits per heavy atom. The number of nitrogens with one attached hydrogen (secondary N) is 1. The zero-order valence-electron chi connectivity index (χ0n) is 12.4. The summed E-state index contributed by atoms with van der Waals surface area (Å²) in [5, 5.41) is 8.11. The second-order valence-electron chi connectivity index (χ2n) is 6.18. The van der Waals surface area contributed by atoms with Crippen molar-refractivity contribution in [1.82, 2.24) is 15.1 Å². The van der Waals surface area contributed by atoms with E-state index >= 15 is 0 Å². The van der Waals surface area contributed by atoms with Crippen molar-refractivity contribution in [2.75, 3.05) is 13.2 Å². The molecule has 20 heavy (non-hydrogen) atoms. The Bertz CT molecular complexity index is 392. The number of nitrogens with zero attached hydrogens (tertiary/aromatic N) is 2. The summed E-state index contributed by atoms with van der Waals surface area (Å²) >= 11 is 0. The van der Waals surface area contributed by atoms with Crippen LogP contribution in [0.3, 0.4) is 0 Å². The lowest BCUT2D eigenvalue weighted by Crippen LogP contribution is -2.22. The Morgan fingerprint density at radius 1 is 1.15 bits per heavy atom. The van der Waals surface area contributed by atoms with E-state index in [2.05, 4.69) is 27.4 Å². The summed E-state index contributed by atoms with van der Waals surface area (Å²) in [7, 11) is 0. The van der Waals surface area contributed by atoms with E-state index < -0.39 is 0 Å². The number of hydrogen-bond donors (Lipinski definition) is 1. The van der Waals surface area contributed by atoms with E-state index in [1.807, 2.05) is 0 Å². The van der Waals surface area contributed by atoms with Gasteiger partial charge >= 0.3 is 0 Å². The minimum absolute atomic E-state index is 0.526. The van der Waals surface area contributed by atoms with Crippen molar-refractivity contribution >= 4 is 0 Å². The first-order chi connectivity index (χ1) is 9.92. The molecule has 112 valence electrons. The first-order valence-electron chi connectivity index (χ1n) is 8.28. The summed E-state index contributed by atoms with van der Waals surface area (Å²) in [4.78, 5) is 0. The average Bonchev–Trinajstić information content (AvgIpc) is 3.21. The molecule has 4 nitrogen and oxygen atoms in total. The van der Waals surface area contributed by atoms with Crippen LogP contribution in [0.2, 0.25) is 0 Å². The van der Waals surface area contributed by atoms with E-state index in [0.717, 1.165) is 25.4 Å². The highest BCUT2D eigenvalue weighted by atomic mass is 16.5. The molecule has 2 aliphatic rings. The first-order valence-corrected chi connectivity index (χ1v) is 8.28. The largest absolute Gasteiger partial charge is 0.377 e. The van der Waals surface area contributed by atoms with Gasteiger partial charge in [0, 0.05) is 19.3 Å². The Labute approximate surface area is 121 Å². The van der Waals surface area contributed by atoms with Gasteiger partial charge in [-0.25, -0.2) is 0 Å². The van der Waals surface area contributed by atoms with E-state index in [9.17, 15) is 0 Å². The molecule has 0 saturated heterocycles. The summed E-state index contributed by atoms with van der Waals surface area (Å²) in [6, 6.07) is 2.79. The van der Waals surface area contributed by atoms with Gasteiger partial charge in [-0.3, -0.25) is 4.68 Å². The fourth-order valence-electron chi connectivity index (χ4n) is 3.41. The average molecular weight is 277 g/mol. The normalized spacial score (nSPS) is 21.0. The fourth-order valence-corrected chi connectivity index (χ4v) is 3.41. The van der Waals surface area contributed by atoms with Crippen LogP contribution in [0.5, 0.6) is 0 Å². The van der Waals surface area contributed by atoms with Crippen LogP contribution < -0.4 is 5.32 Å². The van der Waals surface area contributed by atoms with E-state index in [1.54, 1.807) is 0 Å². The van der Waals surface area contributed by atoms with Gasteiger partial charge in [-0.05, 0) is 31.7 Å². The Morgan fingerprint density at radius 3 is 2.70 bits per heavy atom. The molecular formula is C16H27N3O. The van der Waals surface area contributed by atoms with E-state index in [-0.39, 0.29) is 0 Å². The molecule has 0 amide bonds. The second-order valence-corrected chi connectivity index (χ2v) is 6.18. The highest BCUT2D eigenvalue weighted by Gasteiger charge is 2.17. The van der Waals surface area contributed by atoms with Crippen LogP contribution in [0, 0.1) is 0 Å². The van der Waals surface area contributed by atoms with Crippen LogP contribution in [0.4, 0.5) is 0 Å². The van der Waals surface area contributed by atoms with Crippen LogP contribution >= 0.6 is 0 Å². The van der Waals surface area contributed by atoms with Crippen LogP contribution in [0.1, 0.15) is 63.1 Å². The highest BCUT2D eigenvalue weighted by Crippen LogP contribution is 2.28. The molecule has 1 heterocycles. The fraction of sp³-hybridized carbons (Fsp3) is 0.812. The molecule has 0 spiro atoms. The summed E-state index contributed by atoms with van der Waals surface area (Å²) in [6.45, 7) is 2.61. The molecule has 1 aromatic heterocycles. The predicted octanol–water partition coefficient (Wildman–Crippen LogP) is 3.05. The van der Waals surface area contributed by atoms with Gasteiger partial charge in [0.25, 0.3) is 0 Å². The smallest absolute Gasteiger partial charge is 0.0762 e. The summed E-state index contributed by atoms with van der Waals surface area (Å²) in [6.07, 6.45) is 13.2. The van der Waals surface area contributed by atoms with Gasteiger partial charge in [0.2, 0.25) is 0 Å². The van der Waals surface area contributed by atoms with Crippen molar-refractivity contribution in [3.05, 3.63) is 18.0 Å². The minimum atomic E-state index is 0.526. The molecule has 2 aliphatic carbocycles. The monoisotopic (exact) mass is 277 g/mol. The Hall–Kier alpha value is -0.870. The predicted molar refractivity (Wildman–Crippen MR) is 79.6 cm³/mol. The van der Waals surface area contributed by atoms with Gasteiger partial charge in [0.05, 0.1) is 24.4 Å². The summed E-state index contributed by atoms with van der Waals surface area (Å²) in [5.41, 5.74) is 1.15. The lowest BCUT2D eigenvalue weighted by Gasteiger charge is -2.11. The van der Waals surface area contributed by atoms with Crippen LogP contribution in [0.25, 0.3) is 0 Å². The molecule has 0 unspecified atom stereocenters. The van der Waals surface area contributed by atoms with Gasteiger partial charge in [0.1, 0.15) is 0 Å². The van der Waals surface area contributed by atoms with E-state index in [1.165, 1.54) is 51.4 Å². The van der Waals surface area contributed by atoms with Crippen molar-refractivity contribution in [2.45, 2.75) is 70.1 Å². The zero-order valence-corrected chi connectivity index (χ0v) is 12.4. The van der Waals surface area contributed by atoms with Gasteiger partial charge in [0.15, 0.2) is 0 Å². The molecule has 4 heteroatoms.